The topological polar surface area (TPSA) is 55.4 Å². The normalized spacial score (nSPS) is 15.8. The molecule has 1 atom stereocenters. The zero-order chi connectivity index (χ0) is 17.6. The molecular weight excluding hydrogens is 302 g/mol. The van der Waals surface area contributed by atoms with Crippen molar-refractivity contribution >= 4 is 18.0 Å². The van der Waals surface area contributed by atoms with Crippen molar-refractivity contribution in [2.45, 2.75) is 51.7 Å². The second-order valence-electron chi connectivity index (χ2n) is 6.98. The van der Waals surface area contributed by atoms with E-state index in [0.29, 0.717) is 6.42 Å². The molecule has 0 bridgehead atoms. The third kappa shape index (κ3) is 5.69. The molecule has 0 saturated carbocycles. The van der Waals surface area contributed by atoms with Gasteiger partial charge in [-0.3, -0.25) is 0 Å². The van der Waals surface area contributed by atoms with Gasteiger partial charge in [0.25, 0.3) is 0 Å². The van der Waals surface area contributed by atoms with Gasteiger partial charge in [0, 0.05) is 0 Å². The lowest BCUT2D eigenvalue weighted by Crippen LogP contribution is -2.40. The number of aldehydes is 1. The number of allylic oxidation sites excluding steroid dienone is 3. The van der Waals surface area contributed by atoms with Gasteiger partial charge in [0.15, 0.2) is 0 Å². The Kier molecular flexibility index (Phi) is 5.96. The van der Waals surface area contributed by atoms with Crippen LogP contribution in [0.4, 0.5) is 4.79 Å². The smallest absolute Gasteiger partial charge is 0.408 e. The zero-order valence-electron chi connectivity index (χ0n) is 14.5. The molecule has 0 spiro atoms. The van der Waals surface area contributed by atoms with E-state index in [1.54, 1.807) is 20.8 Å². The Balaban J connectivity index is 1.95. The molecule has 2 rings (SSSR count). The fourth-order valence-electron chi connectivity index (χ4n) is 2.62. The van der Waals surface area contributed by atoms with E-state index in [-0.39, 0.29) is 0 Å². The molecule has 1 unspecified atom stereocenters. The number of nitrogens with one attached hydrogen (secondary N) is 1. The molecule has 4 nitrogen and oxygen atoms in total. The van der Waals surface area contributed by atoms with Gasteiger partial charge in [-0.1, -0.05) is 48.1 Å². The van der Waals surface area contributed by atoms with Gasteiger partial charge < -0.3 is 14.8 Å². The molecule has 1 aliphatic carbocycles. The number of carbonyl (C=O) groups excluding carboxylic acids is 2. The van der Waals surface area contributed by atoms with E-state index in [4.69, 9.17) is 4.74 Å². The summed E-state index contributed by atoms with van der Waals surface area (Å²) in [5, 5.41) is 2.62. The maximum atomic E-state index is 11.8. The predicted molar refractivity (Wildman–Crippen MR) is 95.6 cm³/mol. The summed E-state index contributed by atoms with van der Waals surface area (Å²) in [6, 6.07) is 9.71. The molecule has 1 N–H and O–H groups in total. The molecule has 1 aromatic carbocycles. The van der Waals surface area contributed by atoms with E-state index < -0.39 is 17.7 Å². The SMILES string of the molecule is CC(C)(C)OC(=O)NC(C=O)CC1=CC=C(c2ccccc2)CC1. The Hall–Kier alpha value is -2.36. The number of carbonyl (C=O) groups is 2. The van der Waals surface area contributed by atoms with Crippen molar-refractivity contribution < 1.29 is 14.3 Å². The van der Waals surface area contributed by atoms with Gasteiger partial charge in [0.05, 0.1) is 6.04 Å². The maximum Gasteiger partial charge on any atom is 0.408 e. The number of hydrogen-bond acceptors (Lipinski definition) is 3. The Morgan fingerprint density at radius 1 is 1.21 bits per heavy atom. The van der Waals surface area contributed by atoms with Crippen LogP contribution < -0.4 is 5.32 Å². The first-order valence-corrected chi connectivity index (χ1v) is 8.26. The highest BCUT2D eigenvalue weighted by Gasteiger charge is 2.20. The molecule has 1 amide bonds. The van der Waals surface area contributed by atoms with E-state index in [1.165, 1.54) is 11.1 Å². The molecule has 24 heavy (non-hydrogen) atoms. The third-order valence-corrected chi connectivity index (χ3v) is 3.73. The van der Waals surface area contributed by atoms with Crippen molar-refractivity contribution in [3.8, 4) is 0 Å². The molecule has 0 aromatic heterocycles. The van der Waals surface area contributed by atoms with Crippen molar-refractivity contribution in [1.82, 2.24) is 5.32 Å². The largest absolute Gasteiger partial charge is 0.444 e. The van der Waals surface area contributed by atoms with Crippen LogP contribution in [0.1, 0.15) is 45.6 Å². The van der Waals surface area contributed by atoms with Gasteiger partial charge in [-0.25, -0.2) is 4.79 Å². The molecule has 1 aliphatic rings. The zero-order valence-corrected chi connectivity index (χ0v) is 14.5. The monoisotopic (exact) mass is 327 g/mol. The molecule has 0 saturated heterocycles. The van der Waals surface area contributed by atoms with Crippen molar-refractivity contribution in [2.75, 3.05) is 0 Å². The van der Waals surface area contributed by atoms with E-state index >= 15 is 0 Å². The fourth-order valence-corrected chi connectivity index (χ4v) is 2.62. The van der Waals surface area contributed by atoms with Crippen LogP contribution in [0.15, 0.2) is 48.1 Å². The van der Waals surface area contributed by atoms with Crippen LogP contribution in [0.25, 0.3) is 5.57 Å². The molecule has 128 valence electrons. The number of amides is 1. The lowest BCUT2D eigenvalue weighted by molar-refractivity contribution is -0.109. The van der Waals surface area contributed by atoms with E-state index in [9.17, 15) is 9.59 Å². The molecule has 4 heteroatoms. The van der Waals surface area contributed by atoms with Crippen LogP contribution >= 0.6 is 0 Å². The molecule has 0 fully saturated rings. The van der Waals surface area contributed by atoms with Crippen LogP contribution in [0.5, 0.6) is 0 Å². The minimum absolute atomic E-state index is 0.515. The summed E-state index contributed by atoms with van der Waals surface area (Å²) in [4.78, 5) is 23.0. The molecular formula is C20H25NO3. The van der Waals surface area contributed by atoms with Gasteiger partial charge in [0.2, 0.25) is 0 Å². The summed E-state index contributed by atoms with van der Waals surface area (Å²) in [5.74, 6) is 0. The van der Waals surface area contributed by atoms with Crippen LogP contribution in [0.3, 0.4) is 0 Å². The standard InChI is InChI=1S/C20H25NO3/c1-20(2,3)24-19(23)21-18(14-22)13-15-9-11-17(12-10-15)16-7-5-4-6-8-16/h4-9,11,14,18H,10,12-13H2,1-3H3,(H,21,23). The van der Waals surface area contributed by atoms with Gasteiger partial charge in [-0.15, -0.1) is 0 Å². The summed E-state index contributed by atoms with van der Waals surface area (Å²) in [5.41, 5.74) is 3.10. The average molecular weight is 327 g/mol. The first kappa shape index (κ1) is 18.0. The Labute approximate surface area is 143 Å². The van der Waals surface area contributed by atoms with Gasteiger partial charge in [-0.05, 0) is 51.2 Å². The summed E-state index contributed by atoms with van der Waals surface area (Å²) in [6.07, 6.45) is 6.71. The van der Waals surface area contributed by atoms with Crippen molar-refractivity contribution in [2.24, 2.45) is 0 Å². The van der Waals surface area contributed by atoms with E-state index in [1.807, 2.05) is 18.2 Å². The van der Waals surface area contributed by atoms with Crippen LogP contribution in [-0.2, 0) is 9.53 Å². The van der Waals surface area contributed by atoms with Crippen LogP contribution in [-0.4, -0.2) is 24.0 Å². The number of benzene rings is 1. The minimum atomic E-state index is -0.574. The van der Waals surface area contributed by atoms with E-state index in [0.717, 1.165) is 24.7 Å². The number of hydrogen-bond donors (Lipinski definition) is 1. The third-order valence-electron chi connectivity index (χ3n) is 3.73. The number of rotatable bonds is 5. The van der Waals surface area contributed by atoms with Crippen molar-refractivity contribution in [1.29, 1.82) is 0 Å². The molecule has 0 radical (unpaired) electrons. The fraction of sp³-hybridized carbons (Fsp3) is 0.400. The predicted octanol–water partition coefficient (Wildman–Crippen LogP) is 4.27. The minimum Gasteiger partial charge on any atom is -0.444 e. The Bertz CT molecular complexity index is 639. The number of ether oxygens (including phenoxy) is 1. The maximum absolute atomic E-state index is 11.8. The summed E-state index contributed by atoms with van der Waals surface area (Å²) >= 11 is 0. The first-order valence-electron chi connectivity index (χ1n) is 8.26. The van der Waals surface area contributed by atoms with E-state index in [2.05, 4.69) is 29.6 Å². The first-order chi connectivity index (χ1) is 11.4. The van der Waals surface area contributed by atoms with Gasteiger partial charge >= 0.3 is 6.09 Å². The Morgan fingerprint density at radius 3 is 2.46 bits per heavy atom. The number of alkyl carbamates (subject to hydrolysis) is 1. The van der Waals surface area contributed by atoms with Crippen molar-refractivity contribution in [3.05, 3.63) is 53.6 Å². The quantitative estimate of drug-likeness (QED) is 0.822. The average Bonchev–Trinajstić information content (AvgIpc) is 2.54. The lowest BCUT2D eigenvalue weighted by atomic mass is 9.90. The Morgan fingerprint density at radius 2 is 1.92 bits per heavy atom. The summed E-state index contributed by atoms with van der Waals surface area (Å²) in [7, 11) is 0. The van der Waals surface area contributed by atoms with Gasteiger partial charge in [0.1, 0.15) is 11.9 Å². The molecule has 0 heterocycles. The summed E-state index contributed by atoms with van der Waals surface area (Å²) in [6.45, 7) is 5.38. The highest BCUT2D eigenvalue weighted by atomic mass is 16.6. The molecule has 0 aliphatic heterocycles. The summed E-state index contributed by atoms with van der Waals surface area (Å²) < 4.78 is 5.19. The second-order valence-corrected chi connectivity index (χ2v) is 6.98. The van der Waals surface area contributed by atoms with Crippen molar-refractivity contribution in [3.63, 3.8) is 0 Å². The highest BCUT2D eigenvalue weighted by Crippen LogP contribution is 2.28. The van der Waals surface area contributed by atoms with Gasteiger partial charge in [-0.2, -0.15) is 0 Å². The molecule has 1 aromatic rings. The lowest BCUT2D eigenvalue weighted by Gasteiger charge is -2.22. The highest BCUT2D eigenvalue weighted by molar-refractivity contribution is 5.74. The second kappa shape index (κ2) is 7.95. The van der Waals surface area contributed by atoms with Crippen LogP contribution in [0, 0.1) is 0 Å². The van der Waals surface area contributed by atoms with Crippen LogP contribution in [0.2, 0.25) is 0 Å².